The normalized spacial score (nSPS) is 11.7. The first-order valence-electron chi connectivity index (χ1n) is 6.58. The van der Waals surface area contributed by atoms with Crippen LogP contribution in [0.3, 0.4) is 0 Å². The van der Waals surface area contributed by atoms with E-state index >= 15 is 0 Å². The Balaban J connectivity index is 2.16. The van der Waals surface area contributed by atoms with Gasteiger partial charge in [0.2, 0.25) is 5.88 Å². The average molecular weight is 267 g/mol. The van der Waals surface area contributed by atoms with Gasteiger partial charge < -0.3 is 10.5 Å². The van der Waals surface area contributed by atoms with Crippen LogP contribution in [0, 0.1) is 11.3 Å². The second-order valence-corrected chi connectivity index (χ2v) is 4.68. The van der Waals surface area contributed by atoms with Gasteiger partial charge in [-0.2, -0.15) is 5.26 Å². The van der Waals surface area contributed by atoms with E-state index in [4.69, 9.17) is 15.7 Å². The van der Waals surface area contributed by atoms with Gasteiger partial charge in [-0.1, -0.05) is 26.0 Å². The molecule has 1 heterocycles. The van der Waals surface area contributed by atoms with E-state index in [0.717, 1.165) is 6.42 Å². The van der Waals surface area contributed by atoms with Crippen molar-refractivity contribution in [1.82, 2.24) is 4.98 Å². The van der Waals surface area contributed by atoms with Crippen LogP contribution < -0.4 is 10.5 Å². The minimum absolute atomic E-state index is 0.179. The summed E-state index contributed by atoms with van der Waals surface area (Å²) in [5, 5.41) is 8.89. The maximum absolute atomic E-state index is 8.89. The Morgan fingerprint density at radius 1 is 1.25 bits per heavy atom. The summed E-state index contributed by atoms with van der Waals surface area (Å²) in [4.78, 5) is 4.05. The van der Waals surface area contributed by atoms with Crippen LogP contribution >= 0.6 is 0 Å². The Bertz CT molecular complexity index is 629. The van der Waals surface area contributed by atoms with Crippen molar-refractivity contribution in [1.29, 1.82) is 5.26 Å². The summed E-state index contributed by atoms with van der Waals surface area (Å²) in [6.45, 7) is 4.35. The first kappa shape index (κ1) is 13.9. The largest absolute Gasteiger partial charge is 0.439 e. The number of ether oxygens (including phenoxy) is 1. The fourth-order valence-electron chi connectivity index (χ4n) is 1.82. The number of nitrogens with two attached hydrogens (primary N) is 1. The molecule has 2 N–H and O–H groups in total. The molecule has 2 aromatic rings. The maximum atomic E-state index is 8.89. The minimum atomic E-state index is 0.179. The van der Waals surface area contributed by atoms with Gasteiger partial charge in [0.05, 0.1) is 5.69 Å². The molecule has 1 atom stereocenters. The van der Waals surface area contributed by atoms with Crippen LogP contribution in [0.15, 0.2) is 36.4 Å². The molecule has 1 unspecified atom stereocenters. The predicted molar refractivity (Wildman–Crippen MR) is 78.6 cm³/mol. The highest BCUT2D eigenvalue weighted by atomic mass is 16.5. The summed E-state index contributed by atoms with van der Waals surface area (Å²) in [5.41, 5.74) is 7.43. The second kappa shape index (κ2) is 6.07. The van der Waals surface area contributed by atoms with Gasteiger partial charge >= 0.3 is 0 Å². The lowest BCUT2D eigenvalue weighted by Gasteiger charge is -2.10. The van der Waals surface area contributed by atoms with Crippen LogP contribution in [0.4, 0.5) is 5.69 Å². The van der Waals surface area contributed by atoms with Crippen LogP contribution in [0.25, 0.3) is 0 Å². The number of nitrogen functional groups attached to an aromatic ring is 1. The standard InChI is InChI=1S/C16H17N3O/c1-3-11(2)12-4-6-13(7-5-12)20-16-9-8-14(18)15(10-17)19-16/h4-9,11H,3,18H2,1-2H3. The van der Waals surface area contributed by atoms with Crippen LogP contribution in [0.2, 0.25) is 0 Å². The summed E-state index contributed by atoms with van der Waals surface area (Å²) in [7, 11) is 0. The van der Waals surface area contributed by atoms with Gasteiger partial charge in [-0.25, -0.2) is 4.98 Å². The molecule has 0 aliphatic carbocycles. The van der Waals surface area contributed by atoms with Gasteiger partial charge in [0, 0.05) is 6.07 Å². The summed E-state index contributed by atoms with van der Waals surface area (Å²) in [6, 6.07) is 13.1. The molecule has 0 bridgehead atoms. The van der Waals surface area contributed by atoms with Crippen molar-refractivity contribution < 1.29 is 4.74 Å². The van der Waals surface area contributed by atoms with E-state index in [2.05, 4.69) is 18.8 Å². The zero-order chi connectivity index (χ0) is 14.5. The highest BCUT2D eigenvalue weighted by Gasteiger charge is 2.06. The number of benzene rings is 1. The van der Waals surface area contributed by atoms with Crippen LogP contribution in [0.5, 0.6) is 11.6 Å². The molecule has 0 saturated heterocycles. The van der Waals surface area contributed by atoms with Gasteiger partial charge in [0.25, 0.3) is 0 Å². The molecular weight excluding hydrogens is 250 g/mol. The molecule has 4 nitrogen and oxygen atoms in total. The monoisotopic (exact) mass is 267 g/mol. The van der Waals surface area contributed by atoms with E-state index in [1.807, 2.05) is 30.3 Å². The average Bonchev–Trinajstić information content (AvgIpc) is 2.49. The van der Waals surface area contributed by atoms with Gasteiger partial charge in [0.1, 0.15) is 11.8 Å². The molecule has 0 fully saturated rings. The van der Waals surface area contributed by atoms with Crippen molar-refractivity contribution >= 4 is 5.69 Å². The zero-order valence-corrected chi connectivity index (χ0v) is 11.6. The summed E-state index contributed by atoms with van der Waals surface area (Å²) in [6.07, 6.45) is 1.10. The lowest BCUT2D eigenvalue weighted by atomic mass is 9.99. The quantitative estimate of drug-likeness (QED) is 0.913. The third kappa shape index (κ3) is 3.07. The Labute approximate surface area is 118 Å². The minimum Gasteiger partial charge on any atom is -0.439 e. The lowest BCUT2D eigenvalue weighted by molar-refractivity contribution is 0.462. The van der Waals surface area contributed by atoms with Crippen molar-refractivity contribution in [2.24, 2.45) is 0 Å². The van der Waals surface area contributed by atoms with Crippen LogP contribution in [-0.4, -0.2) is 4.98 Å². The molecule has 0 amide bonds. The van der Waals surface area contributed by atoms with Crippen molar-refractivity contribution in [3.63, 3.8) is 0 Å². The van der Waals surface area contributed by atoms with Crippen LogP contribution in [0.1, 0.15) is 37.4 Å². The Hall–Kier alpha value is -2.54. The Morgan fingerprint density at radius 3 is 2.55 bits per heavy atom. The zero-order valence-electron chi connectivity index (χ0n) is 11.6. The molecule has 20 heavy (non-hydrogen) atoms. The van der Waals surface area contributed by atoms with Crippen molar-refractivity contribution in [2.75, 3.05) is 5.73 Å². The SMILES string of the molecule is CCC(C)c1ccc(Oc2ccc(N)c(C#N)n2)cc1. The highest BCUT2D eigenvalue weighted by Crippen LogP contribution is 2.25. The van der Waals surface area contributed by atoms with E-state index in [1.54, 1.807) is 12.1 Å². The maximum Gasteiger partial charge on any atom is 0.220 e. The predicted octanol–water partition coefficient (Wildman–Crippen LogP) is 3.84. The molecule has 1 aromatic heterocycles. The van der Waals surface area contributed by atoms with Crippen LogP contribution in [-0.2, 0) is 0 Å². The van der Waals surface area contributed by atoms with E-state index in [-0.39, 0.29) is 5.69 Å². The van der Waals surface area contributed by atoms with Crippen molar-refractivity contribution in [3.8, 4) is 17.7 Å². The molecule has 0 aliphatic heterocycles. The number of anilines is 1. The summed E-state index contributed by atoms with van der Waals surface area (Å²) in [5.74, 6) is 1.59. The number of hydrogen-bond acceptors (Lipinski definition) is 4. The van der Waals surface area contributed by atoms with E-state index in [9.17, 15) is 0 Å². The highest BCUT2D eigenvalue weighted by molar-refractivity contribution is 5.51. The lowest BCUT2D eigenvalue weighted by Crippen LogP contribution is -1.96. The molecule has 0 aliphatic rings. The third-order valence-corrected chi connectivity index (χ3v) is 3.29. The van der Waals surface area contributed by atoms with Crippen molar-refractivity contribution in [2.45, 2.75) is 26.2 Å². The van der Waals surface area contributed by atoms with Gasteiger partial charge in [0.15, 0.2) is 5.69 Å². The molecule has 0 radical (unpaired) electrons. The fraction of sp³-hybridized carbons (Fsp3) is 0.250. The Kier molecular flexibility index (Phi) is 4.21. The molecule has 1 aromatic carbocycles. The second-order valence-electron chi connectivity index (χ2n) is 4.68. The molecule has 0 spiro atoms. The van der Waals surface area contributed by atoms with Crippen molar-refractivity contribution in [3.05, 3.63) is 47.7 Å². The molecule has 102 valence electrons. The first-order chi connectivity index (χ1) is 9.63. The van der Waals surface area contributed by atoms with Gasteiger partial charge in [-0.15, -0.1) is 0 Å². The molecule has 0 saturated carbocycles. The van der Waals surface area contributed by atoms with E-state index < -0.39 is 0 Å². The summed E-state index contributed by atoms with van der Waals surface area (Å²) < 4.78 is 5.63. The van der Waals surface area contributed by atoms with E-state index in [0.29, 0.717) is 23.2 Å². The van der Waals surface area contributed by atoms with Gasteiger partial charge in [-0.3, -0.25) is 0 Å². The third-order valence-electron chi connectivity index (χ3n) is 3.29. The topological polar surface area (TPSA) is 71.9 Å². The smallest absolute Gasteiger partial charge is 0.220 e. The molecule has 2 rings (SSSR count). The number of rotatable bonds is 4. The number of aromatic nitrogens is 1. The first-order valence-corrected chi connectivity index (χ1v) is 6.58. The number of nitrogens with zero attached hydrogens (tertiary/aromatic N) is 2. The number of hydrogen-bond donors (Lipinski definition) is 1. The number of pyridine rings is 1. The Morgan fingerprint density at radius 2 is 1.95 bits per heavy atom. The fourth-order valence-corrected chi connectivity index (χ4v) is 1.82. The molecule has 4 heteroatoms. The van der Waals surface area contributed by atoms with E-state index in [1.165, 1.54) is 5.56 Å². The van der Waals surface area contributed by atoms with Gasteiger partial charge in [-0.05, 0) is 36.1 Å². The molecular formula is C16H17N3O. The summed E-state index contributed by atoms with van der Waals surface area (Å²) >= 11 is 0. The number of nitriles is 1.